The summed E-state index contributed by atoms with van der Waals surface area (Å²) in [5.74, 6) is -1.56. The van der Waals surface area contributed by atoms with Crippen molar-refractivity contribution in [2.45, 2.75) is 6.92 Å². The van der Waals surface area contributed by atoms with Crippen LogP contribution in [-0.4, -0.2) is 25.5 Å². The molecule has 6 heteroatoms. The van der Waals surface area contributed by atoms with Crippen molar-refractivity contribution in [3.8, 4) is 0 Å². The van der Waals surface area contributed by atoms with Gasteiger partial charge in [-0.15, -0.1) is 11.3 Å². The molecule has 0 aliphatic rings. The number of carbonyl (C=O) groups is 2. The number of carbonyl (C=O) groups excluding carboxylic acids is 2. The van der Waals surface area contributed by atoms with Crippen LogP contribution in [0.4, 0.5) is 5.00 Å². The highest BCUT2D eigenvalue weighted by atomic mass is 35.5. The topological polar surface area (TPSA) is 46.6 Å². The smallest absolute Gasteiger partial charge is 0.397 e. The number of thiophene rings is 1. The summed E-state index contributed by atoms with van der Waals surface area (Å²) in [5.41, 5.74) is 0. The second-order valence-corrected chi connectivity index (χ2v) is 4.36. The summed E-state index contributed by atoms with van der Waals surface area (Å²) in [6, 6.07) is 3.33. The van der Waals surface area contributed by atoms with Gasteiger partial charge in [0.25, 0.3) is 0 Å². The number of hydrogen-bond donors (Lipinski definition) is 0. The van der Waals surface area contributed by atoms with Gasteiger partial charge in [-0.1, -0.05) is 11.6 Å². The fraction of sp³-hybridized carbons (Fsp3) is 0.333. The highest BCUT2D eigenvalue weighted by Gasteiger charge is 2.21. The zero-order chi connectivity index (χ0) is 11.4. The first kappa shape index (κ1) is 12.0. The molecule has 15 heavy (non-hydrogen) atoms. The van der Waals surface area contributed by atoms with Crippen molar-refractivity contribution in [3.05, 3.63) is 16.5 Å². The molecule has 0 N–H and O–H groups in total. The highest BCUT2D eigenvalue weighted by Crippen LogP contribution is 2.28. The fourth-order valence-corrected chi connectivity index (χ4v) is 1.91. The quantitative estimate of drug-likeness (QED) is 0.593. The van der Waals surface area contributed by atoms with Crippen LogP contribution < -0.4 is 4.90 Å². The van der Waals surface area contributed by atoms with Crippen molar-refractivity contribution < 1.29 is 14.3 Å². The maximum atomic E-state index is 11.5. The zero-order valence-corrected chi connectivity index (χ0v) is 9.89. The molecule has 0 saturated carbocycles. The van der Waals surface area contributed by atoms with Gasteiger partial charge in [-0.05, 0) is 19.1 Å². The van der Waals surface area contributed by atoms with E-state index in [1.165, 1.54) is 23.3 Å². The molecule has 0 aliphatic heterocycles. The molecular formula is C9H10ClNO3S. The Bertz CT molecular complexity index is 377. The summed E-state index contributed by atoms with van der Waals surface area (Å²) in [6.07, 6.45) is 0. The molecular weight excluding hydrogens is 238 g/mol. The van der Waals surface area contributed by atoms with Crippen LogP contribution in [0.3, 0.4) is 0 Å². The molecule has 1 aromatic rings. The van der Waals surface area contributed by atoms with E-state index in [-0.39, 0.29) is 6.61 Å². The van der Waals surface area contributed by atoms with Crippen molar-refractivity contribution in [2.75, 3.05) is 18.6 Å². The second-order valence-electron chi connectivity index (χ2n) is 2.66. The number of esters is 1. The lowest BCUT2D eigenvalue weighted by molar-refractivity contribution is -0.153. The number of halogens is 1. The molecule has 0 saturated heterocycles. The molecule has 0 fully saturated rings. The van der Waals surface area contributed by atoms with Crippen molar-refractivity contribution in [3.63, 3.8) is 0 Å². The van der Waals surface area contributed by atoms with Crippen LogP contribution in [0.5, 0.6) is 0 Å². The van der Waals surface area contributed by atoms with Gasteiger partial charge in [0.15, 0.2) is 0 Å². The molecule has 1 rings (SSSR count). The maximum Gasteiger partial charge on any atom is 0.397 e. The minimum absolute atomic E-state index is 0.184. The minimum Gasteiger partial charge on any atom is -0.459 e. The first-order valence-electron chi connectivity index (χ1n) is 4.26. The first-order valence-corrected chi connectivity index (χ1v) is 5.45. The Morgan fingerprint density at radius 1 is 1.53 bits per heavy atom. The van der Waals surface area contributed by atoms with Crippen LogP contribution in [0.25, 0.3) is 0 Å². The molecule has 0 aliphatic carbocycles. The van der Waals surface area contributed by atoms with Gasteiger partial charge >= 0.3 is 11.9 Å². The van der Waals surface area contributed by atoms with Crippen LogP contribution in [0.15, 0.2) is 12.1 Å². The molecule has 4 nitrogen and oxygen atoms in total. The van der Waals surface area contributed by atoms with Crippen LogP contribution in [-0.2, 0) is 14.3 Å². The molecule has 0 aromatic carbocycles. The van der Waals surface area contributed by atoms with E-state index >= 15 is 0 Å². The van der Waals surface area contributed by atoms with Gasteiger partial charge in [0.1, 0.15) is 0 Å². The summed E-state index contributed by atoms with van der Waals surface area (Å²) in [7, 11) is 1.50. The molecule has 82 valence electrons. The number of likely N-dealkylation sites (N-methyl/N-ethyl adjacent to an activating group) is 1. The van der Waals surface area contributed by atoms with E-state index in [0.717, 1.165) is 0 Å². The zero-order valence-electron chi connectivity index (χ0n) is 8.32. The Labute approximate surface area is 96.4 Å². The van der Waals surface area contributed by atoms with Crippen LogP contribution in [0.1, 0.15) is 6.92 Å². The van der Waals surface area contributed by atoms with E-state index < -0.39 is 11.9 Å². The standard InChI is InChI=1S/C9H10ClNO3S/c1-3-14-9(13)8(12)11(2)7-5-4-6(10)15-7/h4-5H,3H2,1-2H3. The van der Waals surface area contributed by atoms with Gasteiger partial charge in [0, 0.05) is 7.05 Å². The van der Waals surface area contributed by atoms with E-state index in [1.807, 2.05) is 0 Å². The predicted octanol–water partition coefficient (Wildman–Crippen LogP) is 1.93. The fourth-order valence-electron chi connectivity index (χ4n) is 0.915. The van der Waals surface area contributed by atoms with Crippen molar-refractivity contribution >= 4 is 39.8 Å². The predicted molar refractivity (Wildman–Crippen MR) is 59.4 cm³/mol. The van der Waals surface area contributed by atoms with E-state index in [9.17, 15) is 9.59 Å². The molecule has 1 amide bonds. The summed E-state index contributed by atoms with van der Waals surface area (Å²) in [5, 5.41) is 0.609. The molecule has 0 atom stereocenters. The summed E-state index contributed by atoms with van der Waals surface area (Å²) in [6.45, 7) is 1.83. The third-order valence-electron chi connectivity index (χ3n) is 1.64. The number of anilines is 1. The third-order valence-corrected chi connectivity index (χ3v) is 2.95. The van der Waals surface area contributed by atoms with Gasteiger partial charge in [-0.3, -0.25) is 9.69 Å². The summed E-state index contributed by atoms with van der Waals surface area (Å²) in [4.78, 5) is 23.8. The Hall–Kier alpha value is -1.07. The first-order chi connectivity index (χ1) is 7.06. The Balaban J connectivity index is 2.72. The maximum absolute atomic E-state index is 11.5. The van der Waals surface area contributed by atoms with Crippen LogP contribution in [0.2, 0.25) is 4.34 Å². The van der Waals surface area contributed by atoms with Crippen molar-refractivity contribution in [1.29, 1.82) is 0 Å². The van der Waals surface area contributed by atoms with E-state index in [0.29, 0.717) is 9.34 Å². The molecule has 0 radical (unpaired) electrons. The largest absolute Gasteiger partial charge is 0.459 e. The average molecular weight is 248 g/mol. The molecule has 1 aromatic heterocycles. The molecule has 0 bridgehead atoms. The molecule has 0 spiro atoms. The second kappa shape index (κ2) is 5.14. The van der Waals surface area contributed by atoms with Gasteiger partial charge in [-0.2, -0.15) is 0 Å². The lowest BCUT2D eigenvalue weighted by Crippen LogP contribution is -2.34. The van der Waals surface area contributed by atoms with Gasteiger partial charge in [-0.25, -0.2) is 4.79 Å². The van der Waals surface area contributed by atoms with Gasteiger partial charge in [0.2, 0.25) is 0 Å². The van der Waals surface area contributed by atoms with E-state index in [4.69, 9.17) is 11.6 Å². The summed E-state index contributed by atoms with van der Waals surface area (Å²) < 4.78 is 5.16. The van der Waals surface area contributed by atoms with Crippen LogP contribution >= 0.6 is 22.9 Å². The molecule has 0 unspecified atom stereocenters. The third kappa shape index (κ3) is 2.94. The normalized spacial score (nSPS) is 9.80. The Morgan fingerprint density at radius 3 is 2.67 bits per heavy atom. The number of rotatable bonds is 2. The minimum atomic E-state index is -0.857. The monoisotopic (exact) mass is 247 g/mol. The van der Waals surface area contributed by atoms with Crippen molar-refractivity contribution in [2.24, 2.45) is 0 Å². The molecule has 1 heterocycles. The van der Waals surface area contributed by atoms with Crippen molar-refractivity contribution in [1.82, 2.24) is 0 Å². The number of hydrogen-bond acceptors (Lipinski definition) is 4. The average Bonchev–Trinajstić information content (AvgIpc) is 2.63. The van der Waals surface area contributed by atoms with Crippen LogP contribution in [0, 0.1) is 0 Å². The van der Waals surface area contributed by atoms with E-state index in [1.54, 1.807) is 19.1 Å². The summed E-state index contributed by atoms with van der Waals surface area (Å²) >= 11 is 6.94. The number of ether oxygens (including phenoxy) is 1. The SMILES string of the molecule is CCOC(=O)C(=O)N(C)c1ccc(Cl)s1. The Morgan fingerprint density at radius 2 is 2.20 bits per heavy atom. The lowest BCUT2D eigenvalue weighted by Gasteiger charge is -2.12. The van der Waals surface area contributed by atoms with Gasteiger partial charge < -0.3 is 4.74 Å². The van der Waals surface area contributed by atoms with E-state index in [2.05, 4.69) is 4.74 Å². The van der Waals surface area contributed by atoms with Gasteiger partial charge in [0.05, 0.1) is 15.9 Å². The Kier molecular flexibility index (Phi) is 4.11. The lowest BCUT2D eigenvalue weighted by atomic mass is 10.5. The number of amides is 1. The number of nitrogens with zero attached hydrogens (tertiary/aromatic N) is 1. The highest BCUT2D eigenvalue weighted by molar-refractivity contribution is 7.20.